The first kappa shape index (κ1) is 16.2. The Labute approximate surface area is 148 Å². The number of nitrogens with zero attached hydrogens (tertiary/aromatic N) is 2. The van der Waals surface area contributed by atoms with Gasteiger partial charge >= 0.3 is 0 Å². The molecule has 0 bridgehead atoms. The largest absolute Gasteiger partial charge is 0.507 e. The maximum Gasteiger partial charge on any atom is 0.175 e. The van der Waals surface area contributed by atoms with E-state index in [2.05, 4.69) is 23.9 Å². The Kier molecular flexibility index (Phi) is 4.22. The minimum absolute atomic E-state index is 0.286. The molecular weight excluding hydrogens is 312 g/mol. The van der Waals surface area contributed by atoms with Crippen LogP contribution in [0.25, 0.3) is 22.2 Å². The van der Waals surface area contributed by atoms with Gasteiger partial charge in [0, 0.05) is 25.2 Å². The van der Waals surface area contributed by atoms with E-state index in [4.69, 9.17) is 4.52 Å². The highest BCUT2D eigenvalue weighted by Gasteiger charge is 2.24. The van der Waals surface area contributed by atoms with Crippen LogP contribution in [0.4, 0.5) is 0 Å². The first-order valence-corrected chi connectivity index (χ1v) is 9.00. The van der Waals surface area contributed by atoms with Crippen LogP contribution in [0.3, 0.4) is 0 Å². The number of hydrogen-bond donors (Lipinski definition) is 1. The molecule has 2 atom stereocenters. The number of likely N-dealkylation sites (tertiary alicyclic amines) is 1. The molecule has 0 spiro atoms. The Balaban J connectivity index is 1.72. The second-order valence-corrected chi connectivity index (χ2v) is 7.48. The summed E-state index contributed by atoms with van der Waals surface area (Å²) in [6, 6.07) is 13.7. The normalized spacial score (nSPS) is 21.7. The SMILES string of the molecule is CC1CC(C)CN(Cc2c(O)ccc3c(-c4ccccc4)noc23)C1. The van der Waals surface area contributed by atoms with E-state index in [1.165, 1.54) is 6.42 Å². The van der Waals surface area contributed by atoms with Crippen molar-refractivity contribution < 1.29 is 9.63 Å². The van der Waals surface area contributed by atoms with Crippen molar-refractivity contribution in [3.63, 3.8) is 0 Å². The minimum Gasteiger partial charge on any atom is -0.507 e. The Morgan fingerprint density at radius 2 is 1.80 bits per heavy atom. The second kappa shape index (κ2) is 6.52. The molecule has 2 aromatic carbocycles. The summed E-state index contributed by atoms with van der Waals surface area (Å²) in [6.45, 7) is 7.40. The van der Waals surface area contributed by atoms with E-state index in [1.807, 2.05) is 36.4 Å². The van der Waals surface area contributed by atoms with Gasteiger partial charge in [-0.1, -0.05) is 49.3 Å². The van der Waals surface area contributed by atoms with Crippen LogP contribution < -0.4 is 0 Å². The van der Waals surface area contributed by atoms with Crippen LogP contribution in [0.5, 0.6) is 5.75 Å². The Bertz CT molecular complexity index is 862. The molecular formula is C21H24N2O2. The number of benzene rings is 2. The predicted molar refractivity (Wildman–Crippen MR) is 99.3 cm³/mol. The Morgan fingerprint density at radius 3 is 2.52 bits per heavy atom. The van der Waals surface area contributed by atoms with Crippen LogP contribution in [0.2, 0.25) is 0 Å². The molecule has 0 saturated carbocycles. The van der Waals surface area contributed by atoms with Crippen molar-refractivity contribution in [3.8, 4) is 17.0 Å². The monoisotopic (exact) mass is 336 g/mol. The molecule has 0 amide bonds. The minimum atomic E-state index is 0.286. The van der Waals surface area contributed by atoms with E-state index >= 15 is 0 Å². The van der Waals surface area contributed by atoms with Crippen molar-refractivity contribution in [1.82, 2.24) is 10.1 Å². The molecule has 25 heavy (non-hydrogen) atoms. The predicted octanol–water partition coefficient (Wildman–Crippen LogP) is 4.68. The van der Waals surface area contributed by atoms with Crippen LogP contribution in [0.1, 0.15) is 25.8 Å². The molecule has 1 aliphatic heterocycles. The first-order chi connectivity index (χ1) is 12.1. The molecule has 1 aliphatic rings. The van der Waals surface area contributed by atoms with E-state index in [0.29, 0.717) is 24.0 Å². The smallest absolute Gasteiger partial charge is 0.175 e. The van der Waals surface area contributed by atoms with Gasteiger partial charge in [-0.2, -0.15) is 0 Å². The zero-order valence-corrected chi connectivity index (χ0v) is 14.8. The maximum absolute atomic E-state index is 10.4. The van der Waals surface area contributed by atoms with Gasteiger partial charge in [-0.15, -0.1) is 0 Å². The van der Waals surface area contributed by atoms with Gasteiger partial charge in [0.15, 0.2) is 5.58 Å². The fraction of sp³-hybridized carbons (Fsp3) is 0.381. The van der Waals surface area contributed by atoms with Crippen molar-refractivity contribution in [2.45, 2.75) is 26.8 Å². The lowest BCUT2D eigenvalue weighted by molar-refractivity contribution is 0.133. The van der Waals surface area contributed by atoms with Gasteiger partial charge in [0.2, 0.25) is 0 Å². The molecule has 2 heterocycles. The van der Waals surface area contributed by atoms with Gasteiger partial charge < -0.3 is 9.63 Å². The molecule has 1 saturated heterocycles. The molecule has 130 valence electrons. The van der Waals surface area contributed by atoms with Gasteiger partial charge in [-0.3, -0.25) is 4.90 Å². The summed E-state index contributed by atoms with van der Waals surface area (Å²) in [6.07, 6.45) is 1.27. The summed E-state index contributed by atoms with van der Waals surface area (Å²) in [5.74, 6) is 1.65. The van der Waals surface area contributed by atoms with E-state index in [1.54, 1.807) is 6.07 Å². The third kappa shape index (κ3) is 3.14. The van der Waals surface area contributed by atoms with Crippen molar-refractivity contribution >= 4 is 11.0 Å². The number of rotatable bonds is 3. The quantitative estimate of drug-likeness (QED) is 0.754. The Hall–Kier alpha value is -2.33. The van der Waals surface area contributed by atoms with E-state index in [9.17, 15) is 5.11 Å². The van der Waals surface area contributed by atoms with Gasteiger partial charge in [0.1, 0.15) is 11.4 Å². The highest BCUT2D eigenvalue weighted by Crippen LogP contribution is 2.35. The number of hydrogen-bond acceptors (Lipinski definition) is 4. The molecule has 4 heteroatoms. The molecule has 0 aliphatic carbocycles. The van der Waals surface area contributed by atoms with E-state index in [0.717, 1.165) is 35.3 Å². The van der Waals surface area contributed by atoms with Gasteiger partial charge in [-0.05, 0) is 30.4 Å². The van der Waals surface area contributed by atoms with Crippen molar-refractivity contribution in [2.75, 3.05) is 13.1 Å². The van der Waals surface area contributed by atoms with Crippen molar-refractivity contribution in [1.29, 1.82) is 0 Å². The van der Waals surface area contributed by atoms with Crippen LogP contribution in [-0.4, -0.2) is 28.3 Å². The molecule has 1 fully saturated rings. The number of aromatic hydroxyl groups is 1. The highest BCUT2D eigenvalue weighted by atomic mass is 16.5. The van der Waals surface area contributed by atoms with Gasteiger partial charge in [-0.25, -0.2) is 0 Å². The number of aromatic nitrogens is 1. The summed E-state index contributed by atoms with van der Waals surface area (Å²) in [5.41, 5.74) is 3.40. The maximum atomic E-state index is 10.4. The van der Waals surface area contributed by atoms with Gasteiger partial charge in [0.05, 0.1) is 10.9 Å². The standard InChI is InChI=1S/C21H24N2O2/c1-14-10-15(2)12-23(11-14)13-18-19(24)9-8-17-20(22-25-21(17)18)16-6-4-3-5-7-16/h3-9,14-15,24H,10-13H2,1-2H3. The highest BCUT2D eigenvalue weighted by molar-refractivity contribution is 5.94. The third-order valence-electron chi connectivity index (χ3n) is 5.09. The number of piperidine rings is 1. The summed E-state index contributed by atoms with van der Waals surface area (Å²) in [7, 11) is 0. The van der Waals surface area contributed by atoms with Crippen LogP contribution >= 0.6 is 0 Å². The molecule has 0 radical (unpaired) electrons. The first-order valence-electron chi connectivity index (χ1n) is 9.00. The topological polar surface area (TPSA) is 49.5 Å². The number of phenolic OH excluding ortho intramolecular Hbond substituents is 1. The fourth-order valence-corrected chi connectivity index (χ4v) is 4.15. The molecule has 1 aromatic heterocycles. The molecule has 4 rings (SSSR count). The summed E-state index contributed by atoms with van der Waals surface area (Å²) >= 11 is 0. The average molecular weight is 336 g/mol. The van der Waals surface area contributed by atoms with Gasteiger partial charge in [0.25, 0.3) is 0 Å². The second-order valence-electron chi connectivity index (χ2n) is 7.48. The number of phenols is 1. The lowest BCUT2D eigenvalue weighted by Crippen LogP contribution is -2.38. The third-order valence-corrected chi connectivity index (χ3v) is 5.09. The Morgan fingerprint density at radius 1 is 1.08 bits per heavy atom. The summed E-state index contributed by atoms with van der Waals surface area (Å²) in [5, 5.41) is 15.7. The molecule has 4 nitrogen and oxygen atoms in total. The lowest BCUT2D eigenvalue weighted by atomic mass is 9.91. The van der Waals surface area contributed by atoms with Crippen molar-refractivity contribution in [2.24, 2.45) is 11.8 Å². The van der Waals surface area contributed by atoms with E-state index < -0.39 is 0 Å². The summed E-state index contributed by atoms with van der Waals surface area (Å²) < 4.78 is 5.67. The van der Waals surface area contributed by atoms with Crippen LogP contribution in [-0.2, 0) is 6.54 Å². The number of fused-ring (bicyclic) bond motifs is 1. The van der Waals surface area contributed by atoms with Crippen LogP contribution in [0.15, 0.2) is 47.0 Å². The molecule has 3 aromatic rings. The molecule has 1 N–H and O–H groups in total. The lowest BCUT2D eigenvalue weighted by Gasteiger charge is -2.35. The zero-order chi connectivity index (χ0) is 17.4. The van der Waals surface area contributed by atoms with E-state index in [-0.39, 0.29) is 5.75 Å². The average Bonchev–Trinajstić information content (AvgIpc) is 3.01. The summed E-state index contributed by atoms with van der Waals surface area (Å²) in [4.78, 5) is 2.41. The zero-order valence-electron chi connectivity index (χ0n) is 14.8. The molecule has 2 unspecified atom stereocenters. The fourth-order valence-electron chi connectivity index (χ4n) is 4.15. The van der Waals surface area contributed by atoms with Crippen LogP contribution in [0, 0.1) is 11.8 Å². The van der Waals surface area contributed by atoms with Crippen molar-refractivity contribution in [3.05, 3.63) is 48.0 Å².